The molecule has 0 aromatic carbocycles. The highest BCUT2D eigenvalue weighted by Crippen LogP contribution is 2.17. The number of rotatable bonds is 36. The van der Waals surface area contributed by atoms with Gasteiger partial charge in [0.2, 0.25) is 0 Å². The Morgan fingerprint density at radius 1 is 0.415 bits per heavy atom. The molecule has 0 fully saturated rings. The molecular formula is C41H88N8O4. The van der Waals surface area contributed by atoms with Crippen LogP contribution in [0.2, 0.25) is 0 Å². The van der Waals surface area contributed by atoms with Gasteiger partial charge < -0.3 is 43.8 Å². The predicted molar refractivity (Wildman–Crippen MR) is 224 cm³/mol. The molecule has 0 heterocycles. The molecule has 0 saturated heterocycles. The number of nitrogens with zero attached hydrogens (tertiary/aromatic N) is 8. The van der Waals surface area contributed by atoms with E-state index in [1.54, 1.807) is 7.11 Å². The fourth-order valence-corrected chi connectivity index (χ4v) is 6.27. The van der Waals surface area contributed by atoms with Gasteiger partial charge in [0.1, 0.15) is 12.4 Å². The van der Waals surface area contributed by atoms with Crippen molar-refractivity contribution in [3.8, 4) is 0 Å². The van der Waals surface area contributed by atoms with E-state index in [1.807, 2.05) is 20.8 Å². The Labute approximate surface area is 328 Å². The van der Waals surface area contributed by atoms with E-state index >= 15 is 0 Å². The molecule has 0 aromatic heterocycles. The van der Waals surface area contributed by atoms with Gasteiger partial charge in [-0.2, -0.15) is 0 Å². The number of hydrogen-bond donors (Lipinski definition) is 0. The van der Waals surface area contributed by atoms with Crippen LogP contribution >= 0.6 is 0 Å². The molecule has 0 spiro atoms. The summed E-state index contributed by atoms with van der Waals surface area (Å²) in [6.45, 7) is 23.4. The highest BCUT2D eigenvalue weighted by Gasteiger charge is 2.22. The quantitative estimate of drug-likeness (QED) is 0.0881. The highest BCUT2D eigenvalue weighted by molar-refractivity contribution is 5.86. The van der Waals surface area contributed by atoms with Gasteiger partial charge in [-0.3, -0.25) is 14.5 Å². The standard InChI is InChI=1S/C41H88N8O4/c1-41(2,3)39(50)19-20-40(51)53-38-36-49(35-37-52-12)34-33-48(31-17-29-46(25-13-21-42(4)5)26-14-22-43(6)7)32-18-30-47(27-15-23-44(8)9)28-16-24-45(10)11/h13-38H2,1-12H3. The Morgan fingerprint density at radius 3 is 1.04 bits per heavy atom. The zero-order valence-corrected chi connectivity index (χ0v) is 37.1. The minimum atomic E-state index is -0.435. The lowest BCUT2D eigenvalue weighted by molar-refractivity contribution is -0.145. The smallest absolute Gasteiger partial charge is 0.306 e. The molecule has 0 amide bonds. The Kier molecular flexibility index (Phi) is 31.2. The van der Waals surface area contributed by atoms with Crippen molar-refractivity contribution in [1.29, 1.82) is 0 Å². The molecule has 0 rings (SSSR count). The fourth-order valence-electron chi connectivity index (χ4n) is 6.27. The van der Waals surface area contributed by atoms with Crippen molar-refractivity contribution in [3.05, 3.63) is 0 Å². The van der Waals surface area contributed by atoms with Gasteiger partial charge in [-0.25, -0.2) is 0 Å². The molecule has 0 aliphatic carbocycles. The third-order valence-corrected chi connectivity index (χ3v) is 9.62. The number of esters is 1. The Balaban J connectivity index is 5.49. The normalized spacial score (nSPS) is 12.7. The summed E-state index contributed by atoms with van der Waals surface area (Å²) in [5, 5.41) is 0. The van der Waals surface area contributed by atoms with Crippen molar-refractivity contribution in [2.24, 2.45) is 5.41 Å². The second-order valence-electron chi connectivity index (χ2n) is 17.1. The van der Waals surface area contributed by atoms with E-state index in [-0.39, 0.29) is 24.6 Å². The van der Waals surface area contributed by atoms with Gasteiger partial charge in [0.25, 0.3) is 0 Å². The van der Waals surface area contributed by atoms with Gasteiger partial charge in [-0.1, -0.05) is 20.8 Å². The molecule has 316 valence electrons. The molecule has 0 N–H and O–H groups in total. The van der Waals surface area contributed by atoms with Crippen molar-refractivity contribution in [2.45, 2.75) is 72.1 Å². The van der Waals surface area contributed by atoms with E-state index in [9.17, 15) is 9.59 Å². The van der Waals surface area contributed by atoms with Crippen LogP contribution in [0.3, 0.4) is 0 Å². The van der Waals surface area contributed by atoms with Crippen LogP contribution < -0.4 is 0 Å². The first-order chi connectivity index (χ1) is 25.0. The van der Waals surface area contributed by atoms with Crippen LogP contribution in [0.25, 0.3) is 0 Å². The van der Waals surface area contributed by atoms with Crippen LogP contribution in [0.15, 0.2) is 0 Å². The van der Waals surface area contributed by atoms with Crippen LogP contribution in [0.5, 0.6) is 0 Å². The number of ketones is 1. The Morgan fingerprint density at radius 2 is 0.717 bits per heavy atom. The third kappa shape index (κ3) is 32.7. The molecule has 0 aliphatic heterocycles. The van der Waals surface area contributed by atoms with Gasteiger partial charge in [0, 0.05) is 45.1 Å². The van der Waals surface area contributed by atoms with Crippen LogP contribution in [0.4, 0.5) is 0 Å². The number of Topliss-reactive ketones (excluding diaryl/α,β-unsaturated/α-hetero) is 1. The molecule has 0 bridgehead atoms. The first kappa shape index (κ1) is 51.8. The number of hydrogen-bond acceptors (Lipinski definition) is 12. The Hall–Kier alpha value is -1.22. The average Bonchev–Trinajstić information content (AvgIpc) is 3.06. The van der Waals surface area contributed by atoms with Crippen LogP contribution in [0, 0.1) is 5.41 Å². The van der Waals surface area contributed by atoms with E-state index in [0.717, 1.165) is 111 Å². The van der Waals surface area contributed by atoms with E-state index in [4.69, 9.17) is 9.47 Å². The van der Waals surface area contributed by atoms with Crippen molar-refractivity contribution in [3.63, 3.8) is 0 Å². The second-order valence-corrected chi connectivity index (χ2v) is 17.1. The van der Waals surface area contributed by atoms with E-state index < -0.39 is 5.41 Å². The summed E-state index contributed by atoms with van der Waals surface area (Å²) in [6.07, 6.45) is 7.47. The average molecular weight is 757 g/mol. The molecule has 12 heteroatoms. The number of methoxy groups -OCH3 is 1. The molecular weight excluding hydrogens is 669 g/mol. The monoisotopic (exact) mass is 757 g/mol. The van der Waals surface area contributed by atoms with Gasteiger partial charge >= 0.3 is 5.97 Å². The second kappa shape index (κ2) is 31.9. The molecule has 0 aliphatic rings. The maximum Gasteiger partial charge on any atom is 0.306 e. The molecule has 0 radical (unpaired) electrons. The first-order valence-electron chi connectivity index (χ1n) is 20.7. The summed E-state index contributed by atoms with van der Waals surface area (Å²) < 4.78 is 11.0. The molecule has 0 saturated carbocycles. The van der Waals surface area contributed by atoms with E-state index in [1.165, 1.54) is 25.7 Å². The number of carbonyl (C=O) groups excluding carboxylic acids is 2. The van der Waals surface area contributed by atoms with E-state index in [2.05, 4.69) is 95.6 Å². The largest absolute Gasteiger partial charge is 0.464 e. The van der Waals surface area contributed by atoms with Gasteiger partial charge in [0.05, 0.1) is 13.0 Å². The van der Waals surface area contributed by atoms with Crippen LogP contribution in [-0.4, -0.2) is 232 Å². The summed E-state index contributed by atoms with van der Waals surface area (Å²) in [4.78, 5) is 44.2. The Bertz CT molecular complexity index is 819. The van der Waals surface area contributed by atoms with Gasteiger partial charge in [-0.05, 0) is 173 Å². The number of ether oxygens (including phenoxy) is 2. The summed E-state index contributed by atoms with van der Waals surface area (Å²) >= 11 is 0. The maximum atomic E-state index is 12.4. The zero-order valence-electron chi connectivity index (χ0n) is 37.1. The summed E-state index contributed by atoms with van der Waals surface area (Å²) in [6, 6.07) is 0. The van der Waals surface area contributed by atoms with Crippen molar-refractivity contribution in [2.75, 3.05) is 181 Å². The molecule has 0 aromatic rings. The lowest BCUT2D eigenvalue weighted by atomic mass is 9.88. The number of carbonyl (C=O) groups is 2. The van der Waals surface area contributed by atoms with E-state index in [0.29, 0.717) is 19.8 Å². The van der Waals surface area contributed by atoms with Gasteiger partial charge in [-0.15, -0.1) is 0 Å². The summed E-state index contributed by atoms with van der Waals surface area (Å²) in [5.41, 5.74) is -0.435. The maximum absolute atomic E-state index is 12.4. The lowest BCUT2D eigenvalue weighted by Crippen LogP contribution is -2.41. The SMILES string of the molecule is COCCN(CCOC(=O)CCC(=O)C(C)(C)C)CCN(CCCN(CCCN(C)C)CCCN(C)C)CCCN(CCCN(C)C)CCCN(C)C. The topological polar surface area (TPSA) is 78.5 Å². The minimum absolute atomic E-state index is 0.0896. The first-order valence-corrected chi connectivity index (χ1v) is 20.7. The zero-order chi connectivity index (χ0) is 40.1. The van der Waals surface area contributed by atoms with Crippen molar-refractivity contribution < 1.29 is 19.1 Å². The highest BCUT2D eigenvalue weighted by atomic mass is 16.5. The molecule has 0 atom stereocenters. The predicted octanol–water partition coefficient (Wildman–Crippen LogP) is 3.37. The summed E-state index contributed by atoms with van der Waals surface area (Å²) in [5.74, 6) is -0.205. The minimum Gasteiger partial charge on any atom is -0.464 e. The van der Waals surface area contributed by atoms with Gasteiger partial charge in [0.15, 0.2) is 0 Å². The van der Waals surface area contributed by atoms with Crippen LogP contribution in [0.1, 0.15) is 72.1 Å². The lowest BCUT2D eigenvalue weighted by Gasteiger charge is -2.30. The molecule has 12 nitrogen and oxygen atoms in total. The molecule has 53 heavy (non-hydrogen) atoms. The summed E-state index contributed by atoms with van der Waals surface area (Å²) in [7, 11) is 19.0. The molecule has 0 unspecified atom stereocenters. The van der Waals surface area contributed by atoms with Crippen molar-refractivity contribution >= 4 is 11.8 Å². The van der Waals surface area contributed by atoms with Crippen LogP contribution in [-0.2, 0) is 19.1 Å². The third-order valence-electron chi connectivity index (χ3n) is 9.62. The fraction of sp³-hybridized carbons (Fsp3) is 0.951. The van der Waals surface area contributed by atoms with Crippen molar-refractivity contribution in [1.82, 2.24) is 39.2 Å².